The van der Waals surface area contributed by atoms with Crippen molar-refractivity contribution in [2.75, 3.05) is 18.5 Å². The SMILES string of the molecule is N=N/C(=C\Nc1ccc(F)c(OC(F)F)c1)COc1nccc(COCC(F)F)n1. The van der Waals surface area contributed by atoms with Gasteiger partial charge in [0.1, 0.15) is 18.9 Å². The summed E-state index contributed by atoms with van der Waals surface area (Å²) in [7, 11) is 0. The molecule has 2 N–H and O–H groups in total. The molecule has 0 spiro atoms. The quantitative estimate of drug-likeness (QED) is 0.381. The second-order valence-electron chi connectivity index (χ2n) is 5.44. The van der Waals surface area contributed by atoms with Gasteiger partial charge in [-0.25, -0.2) is 23.7 Å². The molecule has 0 aliphatic carbocycles. The Balaban J connectivity index is 1.94. The smallest absolute Gasteiger partial charge is 0.387 e. The van der Waals surface area contributed by atoms with Crippen molar-refractivity contribution in [1.82, 2.24) is 9.97 Å². The predicted octanol–water partition coefficient (Wildman–Crippen LogP) is 4.36. The van der Waals surface area contributed by atoms with E-state index in [1.807, 2.05) is 0 Å². The highest BCUT2D eigenvalue weighted by atomic mass is 19.3. The van der Waals surface area contributed by atoms with Crippen molar-refractivity contribution >= 4 is 5.69 Å². The monoisotopic (exact) mass is 433 g/mol. The molecule has 0 unspecified atom stereocenters. The van der Waals surface area contributed by atoms with Crippen molar-refractivity contribution in [3.8, 4) is 11.8 Å². The maximum atomic E-state index is 13.4. The van der Waals surface area contributed by atoms with Crippen molar-refractivity contribution < 1.29 is 36.2 Å². The highest BCUT2D eigenvalue weighted by Crippen LogP contribution is 2.24. The lowest BCUT2D eigenvalue weighted by atomic mass is 10.3. The van der Waals surface area contributed by atoms with Crippen LogP contribution in [0.25, 0.3) is 0 Å². The summed E-state index contributed by atoms with van der Waals surface area (Å²) in [4.78, 5) is 7.80. The summed E-state index contributed by atoms with van der Waals surface area (Å²) >= 11 is 0. The maximum Gasteiger partial charge on any atom is 0.387 e. The molecule has 0 atom stereocenters. The van der Waals surface area contributed by atoms with Crippen LogP contribution in [0.1, 0.15) is 5.69 Å². The molecule has 8 nitrogen and oxygen atoms in total. The Bertz CT molecular complexity index is 869. The third-order valence-electron chi connectivity index (χ3n) is 3.23. The molecular weight excluding hydrogens is 417 g/mol. The molecule has 0 saturated heterocycles. The maximum absolute atomic E-state index is 13.4. The molecule has 0 amide bonds. The Morgan fingerprint density at radius 3 is 2.73 bits per heavy atom. The average molecular weight is 433 g/mol. The number of aromatic nitrogens is 2. The van der Waals surface area contributed by atoms with Gasteiger partial charge < -0.3 is 19.5 Å². The highest BCUT2D eigenvalue weighted by Gasteiger charge is 2.11. The molecule has 0 radical (unpaired) electrons. The van der Waals surface area contributed by atoms with Gasteiger partial charge in [0.2, 0.25) is 0 Å². The third-order valence-corrected chi connectivity index (χ3v) is 3.23. The number of rotatable bonds is 12. The van der Waals surface area contributed by atoms with Crippen LogP contribution in [0.15, 0.2) is 47.5 Å². The zero-order valence-electron chi connectivity index (χ0n) is 15.2. The lowest BCUT2D eigenvalue weighted by molar-refractivity contribution is -0.0521. The van der Waals surface area contributed by atoms with Gasteiger partial charge in [0, 0.05) is 24.2 Å². The molecule has 0 fully saturated rings. The van der Waals surface area contributed by atoms with Gasteiger partial charge in [-0.05, 0) is 18.2 Å². The molecule has 0 aliphatic heterocycles. The number of hydrogen-bond acceptors (Lipinski definition) is 8. The van der Waals surface area contributed by atoms with Gasteiger partial charge in [-0.15, -0.1) is 0 Å². The standard InChI is InChI=1S/C17H16F5N5O3/c18-13-2-1-10(5-14(13)30-16(21)22)25-6-12(27-23)8-29-17-24-4-3-11(26-17)7-28-9-15(19)20/h1-6,15-16,23,25H,7-9H2/b12-6-,27-23?. The summed E-state index contributed by atoms with van der Waals surface area (Å²) in [5, 5.41) is 5.88. The average Bonchev–Trinajstić information content (AvgIpc) is 2.70. The van der Waals surface area contributed by atoms with Crippen LogP contribution in [-0.2, 0) is 11.3 Å². The summed E-state index contributed by atoms with van der Waals surface area (Å²) in [5.41, 5.74) is 7.72. The molecule has 0 bridgehead atoms. The minimum atomic E-state index is -3.19. The molecule has 162 valence electrons. The van der Waals surface area contributed by atoms with E-state index >= 15 is 0 Å². The Hall–Kier alpha value is -3.35. The molecule has 2 rings (SSSR count). The van der Waals surface area contributed by atoms with Crippen LogP contribution in [0.5, 0.6) is 11.8 Å². The minimum absolute atomic E-state index is 0.0543. The van der Waals surface area contributed by atoms with Crippen molar-refractivity contribution in [3.63, 3.8) is 0 Å². The summed E-state index contributed by atoms with van der Waals surface area (Å²) in [6.45, 7) is -4.33. The molecule has 0 aliphatic rings. The number of nitrogens with one attached hydrogen (secondary N) is 2. The predicted molar refractivity (Wildman–Crippen MR) is 93.1 cm³/mol. The fraction of sp³-hybridized carbons (Fsp3) is 0.294. The van der Waals surface area contributed by atoms with E-state index in [2.05, 4.69) is 25.1 Å². The number of benzene rings is 1. The first-order valence-electron chi connectivity index (χ1n) is 8.25. The lowest BCUT2D eigenvalue weighted by Crippen LogP contribution is -2.08. The molecule has 1 heterocycles. The normalized spacial score (nSPS) is 11.6. The third kappa shape index (κ3) is 7.95. The minimum Gasteiger partial charge on any atom is -0.457 e. The van der Waals surface area contributed by atoms with Gasteiger partial charge in [0.15, 0.2) is 11.6 Å². The Labute approximate surface area is 167 Å². The van der Waals surface area contributed by atoms with Gasteiger partial charge >= 0.3 is 12.6 Å². The fourth-order valence-corrected chi connectivity index (χ4v) is 1.97. The first-order chi connectivity index (χ1) is 14.4. The van der Waals surface area contributed by atoms with Crippen molar-refractivity contribution in [2.45, 2.75) is 19.6 Å². The van der Waals surface area contributed by atoms with E-state index in [1.165, 1.54) is 24.5 Å². The van der Waals surface area contributed by atoms with E-state index in [0.29, 0.717) is 5.69 Å². The van der Waals surface area contributed by atoms with Gasteiger partial charge in [0.25, 0.3) is 6.43 Å². The number of ether oxygens (including phenoxy) is 3. The van der Waals surface area contributed by atoms with Crippen molar-refractivity contribution in [1.29, 1.82) is 5.53 Å². The first kappa shape index (κ1) is 22.9. The van der Waals surface area contributed by atoms with Gasteiger partial charge in [0.05, 0.1) is 12.3 Å². The number of hydrogen-bond donors (Lipinski definition) is 2. The summed E-state index contributed by atoms with van der Waals surface area (Å²) in [6.07, 6.45) is -0.0333. The lowest BCUT2D eigenvalue weighted by Gasteiger charge is -2.09. The topological polar surface area (TPSA) is 102 Å². The Morgan fingerprint density at radius 2 is 2.03 bits per heavy atom. The summed E-state index contributed by atoms with van der Waals surface area (Å²) < 4.78 is 76.2. The highest BCUT2D eigenvalue weighted by molar-refractivity contribution is 5.51. The second-order valence-corrected chi connectivity index (χ2v) is 5.44. The number of alkyl halides is 4. The van der Waals surface area contributed by atoms with Crippen LogP contribution in [0.2, 0.25) is 0 Å². The fourth-order valence-electron chi connectivity index (χ4n) is 1.97. The Morgan fingerprint density at radius 1 is 1.23 bits per heavy atom. The molecule has 13 heteroatoms. The zero-order chi connectivity index (χ0) is 21.9. The van der Waals surface area contributed by atoms with E-state index in [0.717, 1.165) is 12.1 Å². The van der Waals surface area contributed by atoms with Crippen LogP contribution < -0.4 is 14.8 Å². The van der Waals surface area contributed by atoms with Gasteiger partial charge in [-0.2, -0.15) is 18.9 Å². The molecule has 1 aromatic carbocycles. The second kappa shape index (κ2) is 11.6. The number of anilines is 1. The largest absolute Gasteiger partial charge is 0.457 e. The Kier molecular flexibility index (Phi) is 8.87. The van der Waals surface area contributed by atoms with E-state index < -0.39 is 31.2 Å². The zero-order valence-corrected chi connectivity index (χ0v) is 15.2. The van der Waals surface area contributed by atoms with E-state index in [-0.39, 0.29) is 30.6 Å². The number of halogens is 5. The van der Waals surface area contributed by atoms with Crippen LogP contribution in [-0.4, -0.2) is 36.2 Å². The number of nitrogens with zero attached hydrogens (tertiary/aromatic N) is 3. The van der Waals surface area contributed by atoms with Crippen molar-refractivity contribution in [2.24, 2.45) is 5.11 Å². The summed E-state index contributed by atoms with van der Waals surface area (Å²) in [6, 6.07) is 4.55. The van der Waals surface area contributed by atoms with E-state index in [1.54, 1.807) is 0 Å². The van der Waals surface area contributed by atoms with Gasteiger partial charge in [-0.1, -0.05) is 0 Å². The molecule has 1 aromatic heterocycles. The molecular formula is C17H16F5N5O3. The van der Waals surface area contributed by atoms with Crippen LogP contribution >= 0.6 is 0 Å². The molecule has 30 heavy (non-hydrogen) atoms. The first-order valence-corrected chi connectivity index (χ1v) is 8.25. The molecule has 2 aromatic rings. The van der Waals surface area contributed by atoms with Crippen LogP contribution in [0, 0.1) is 11.3 Å². The molecule has 0 saturated carbocycles. The van der Waals surface area contributed by atoms with Crippen LogP contribution in [0.3, 0.4) is 0 Å². The van der Waals surface area contributed by atoms with E-state index in [4.69, 9.17) is 15.0 Å². The van der Waals surface area contributed by atoms with Crippen LogP contribution in [0.4, 0.5) is 27.6 Å². The van der Waals surface area contributed by atoms with E-state index in [9.17, 15) is 22.0 Å². The summed E-state index contributed by atoms with van der Waals surface area (Å²) in [5.74, 6) is -1.61. The van der Waals surface area contributed by atoms with Gasteiger partial charge in [-0.3, -0.25) is 0 Å². The van der Waals surface area contributed by atoms with Crippen molar-refractivity contribution in [3.05, 3.63) is 53.9 Å².